The number of alkyl halides is 6. The molecule has 0 fully saturated rings. The van der Waals surface area contributed by atoms with Crippen LogP contribution < -0.4 is 4.74 Å². The fourth-order valence-electron chi connectivity index (χ4n) is 4.19. The van der Waals surface area contributed by atoms with Gasteiger partial charge in [-0.3, -0.25) is 9.69 Å². The van der Waals surface area contributed by atoms with Gasteiger partial charge in [-0.25, -0.2) is 19.2 Å². The van der Waals surface area contributed by atoms with Gasteiger partial charge in [0.25, 0.3) is 0 Å². The molecule has 0 bridgehead atoms. The van der Waals surface area contributed by atoms with Crippen molar-refractivity contribution in [1.82, 2.24) is 14.9 Å². The number of benzene rings is 2. The normalized spacial score (nSPS) is 14.2. The van der Waals surface area contributed by atoms with Gasteiger partial charge in [-0.1, -0.05) is 19.1 Å². The zero-order valence-corrected chi connectivity index (χ0v) is 22.5. The van der Waals surface area contributed by atoms with Crippen molar-refractivity contribution in [2.45, 2.75) is 45.3 Å². The average molecular weight is 618 g/mol. The Morgan fingerprint density at radius 3 is 2.26 bits per heavy atom. The van der Waals surface area contributed by atoms with Gasteiger partial charge in [0, 0.05) is 50.3 Å². The van der Waals surface area contributed by atoms with Gasteiger partial charge < -0.3 is 14.9 Å². The first-order chi connectivity index (χ1) is 20.0. The molecule has 43 heavy (non-hydrogen) atoms. The molecule has 1 aromatic heterocycles. The molecule has 0 saturated carbocycles. The number of carboxylic acid groups (broad SMARTS) is 2. The molecule has 1 atom stereocenters. The Hall–Kier alpha value is -4.27. The standard InChI is InChI=1S/C26H25F4N3O3.C2HF3O2/c1-16(10-24(34)35)13-33-9-8-23-18(14-33)12-31-25(32-23)21-7-6-20(11-22(21)27)36-15-17-2-4-19(5-3-17)26(28,29)30;3-2(4,5)1(6)7/h2-7,11-12,16H,8-10,13-15H2,1H3,(H,34,35);(H,6,7). The van der Waals surface area contributed by atoms with E-state index in [9.17, 15) is 35.5 Å². The van der Waals surface area contributed by atoms with Gasteiger partial charge in [0.15, 0.2) is 5.82 Å². The molecule has 0 spiro atoms. The third-order valence-electron chi connectivity index (χ3n) is 6.22. The summed E-state index contributed by atoms with van der Waals surface area (Å²) in [5.41, 5.74) is 1.77. The lowest BCUT2D eigenvalue weighted by atomic mass is 10.0. The summed E-state index contributed by atoms with van der Waals surface area (Å²) in [6.45, 7) is 3.90. The third kappa shape index (κ3) is 9.91. The highest BCUT2D eigenvalue weighted by molar-refractivity contribution is 5.73. The molecule has 0 radical (unpaired) electrons. The second-order valence-corrected chi connectivity index (χ2v) is 9.78. The minimum atomic E-state index is -5.08. The second kappa shape index (κ2) is 13.8. The highest BCUT2D eigenvalue weighted by Gasteiger charge is 2.38. The summed E-state index contributed by atoms with van der Waals surface area (Å²) in [7, 11) is 0. The highest BCUT2D eigenvalue weighted by atomic mass is 19.4. The molecule has 1 aliphatic heterocycles. The van der Waals surface area contributed by atoms with Gasteiger partial charge in [-0.2, -0.15) is 26.3 Å². The number of ether oxygens (including phenoxy) is 1. The smallest absolute Gasteiger partial charge is 0.489 e. The van der Waals surface area contributed by atoms with Crippen LogP contribution >= 0.6 is 0 Å². The molecule has 0 aliphatic carbocycles. The minimum Gasteiger partial charge on any atom is -0.489 e. The van der Waals surface area contributed by atoms with Crippen LogP contribution in [0.5, 0.6) is 5.75 Å². The first-order valence-corrected chi connectivity index (χ1v) is 12.7. The molecule has 0 saturated heterocycles. The SMILES string of the molecule is CC(CC(=O)O)CN1CCc2nc(-c3ccc(OCc4ccc(C(F)(F)F)cc4)cc3F)ncc2C1.O=C(O)C(F)(F)F. The van der Waals surface area contributed by atoms with Crippen LogP contribution in [0.15, 0.2) is 48.7 Å². The predicted molar refractivity (Wildman–Crippen MR) is 137 cm³/mol. The summed E-state index contributed by atoms with van der Waals surface area (Å²) >= 11 is 0. The number of aromatic nitrogens is 2. The maximum absolute atomic E-state index is 14.8. The van der Waals surface area contributed by atoms with Crippen LogP contribution in [0.4, 0.5) is 30.7 Å². The molecule has 2 aromatic carbocycles. The summed E-state index contributed by atoms with van der Waals surface area (Å²) in [5.74, 6) is -3.62. The molecule has 232 valence electrons. The summed E-state index contributed by atoms with van der Waals surface area (Å²) in [6, 6.07) is 8.88. The lowest BCUT2D eigenvalue weighted by Gasteiger charge is -2.29. The molecule has 2 N–H and O–H groups in total. The Morgan fingerprint density at radius 1 is 1.05 bits per heavy atom. The highest BCUT2D eigenvalue weighted by Crippen LogP contribution is 2.30. The van der Waals surface area contributed by atoms with Gasteiger partial charge in [0.05, 0.1) is 16.8 Å². The van der Waals surface area contributed by atoms with E-state index in [2.05, 4.69) is 14.9 Å². The van der Waals surface area contributed by atoms with Crippen molar-refractivity contribution in [1.29, 1.82) is 0 Å². The van der Waals surface area contributed by atoms with E-state index in [0.717, 1.165) is 29.9 Å². The lowest BCUT2D eigenvalue weighted by Crippen LogP contribution is -2.35. The number of fused-ring (bicyclic) bond motifs is 1. The van der Waals surface area contributed by atoms with Crippen molar-refractivity contribution in [2.24, 2.45) is 5.92 Å². The number of carbonyl (C=O) groups is 2. The molecule has 4 rings (SSSR count). The maximum atomic E-state index is 14.8. The Labute approximate surface area is 240 Å². The first kappa shape index (κ1) is 33.2. The van der Waals surface area contributed by atoms with Crippen molar-refractivity contribution in [3.05, 3.63) is 76.9 Å². The third-order valence-corrected chi connectivity index (χ3v) is 6.22. The van der Waals surface area contributed by atoms with E-state index in [-0.39, 0.29) is 36.1 Å². The molecule has 2 heterocycles. The van der Waals surface area contributed by atoms with Crippen molar-refractivity contribution in [2.75, 3.05) is 13.1 Å². The van der Waals surface area contributed by atoms with E-state index < -0.39 is 35.7 Å². The lowest BCUT2D eigenvalue weighted by molar-refractivity contribution is -0.192. The van der Waals surface area contributed by atoms with Crippen molar-refractivity contribution in [3.8, 4) is 17.1 Å². The van der Waals surface area contributed by atoms with E-state index in [1.165, 1.54) is 24.3 Å². The van der Waals surface area contributed by atoms with Crippen LogP contribution in [0.2, 0.25) is 0 Å². The Bertz CT molecular complexity index is 1430. The summed E-state index contributed by atoms with van der Waals surface area (Å²) in [5, 5.41) is 16.1. The van der Waals surface area contributed by atoms with Gasteiger partial charge >= 0.3 is 24.3 Å². The van der Waals surface area contributed by atoms with E-state index in [1.807, 2.05) is 6.92 Å². The largest absolute Gasteiger partial charge is 0.490 e. The number of carboxylic acids is 2. The van der Waals surface area contributed by atoms with Gasteiger partial charge in [-0.05, 0) is 35.7 Å². The molecule has 15 heteroatoms. The number of rotatable bonds is 8. The Kier molecular flexibility index (Phi) is 10.7. The minimum absolute atomic E-state index is 0.00610. The summed E-state index contributed by atoms with van der Waals surface area (Å²) in [6.07, 6.45) is -7.04. The molecule has 8 nitrogen and oxygen atoms in total. The topological polar surface area (TPSA) is 113 Å². The first-order valence-electron chi connectivity index (χ1n) is 12.7. The number of halogens is 7. The van der Waals surface area contributed by atoms with Crippen molar-refractivity contribution < 1.29 is 55.3 Å². The Balaban J connectivity index is 0.000000646. The number of hydrogen-bond acceptors (Lipinski definition) is 6. The Morgan fingerprint density at radius 2 is 1.70 bits per heavy atom. The van der Waals surface area contributed by atoms with E-state index in [4.69, 9.17) is 19.7 Å². The predicted octanol–water partition coefficient (Wildman–Crippen LogP) is 5.98. The van der Waals surface area contributed by atoms with Crippen LogP contribution in [0.3, 0.4) is 0 Å². The quantitative estimate of drug-likeness (QED) is 0.297. The molecule has 1 aliphatic rings. The van der Waals surface area contributed by atoms with Gasteiger partial charge in [0.2, 0.25) is 0 Å². The number of nitrogens with zero attached hydrogens (tertiary/aromatic N) is 3. The van der Waals surface area contributed by atoms with Crippen LogP contribution in [0, 0.1) is 11.7 Å². The molecular weight excluding hydrogens is 591 g/mol. The molecular formula is C28H26F7N3O5. The van der Waals surface area contributed by atoms with Crippen LogP contribution in [0.25, 0.3) is 11.4 Å². The monoisotopic (exact) mass is 617 g/mol. The van der Waals surface area contributed by atoms with Crippen LogP contribution in [0.1, 0.15) is 35.7 Å². The maximum Gasteiger partial charge on any atom is 0.490 e. The summed E-state index contributed by atoms with van der Waals surface area (Å²) in [4.78, 5) is 30.9. The number of aliphatic carboxylic acids is 2. The van der Waals surface area contributed by atoms with Gasteiger partial charge in [0.1, 0.15) is 18.2 Å². The van der Waals surface area contributed by atoms with E-state index in [1.54, 1.807) is 12.3 Å². The van der Waals surface area contributed by atoms with Crippen LogP contribution in [-0.4, -0.2) is 56.3 Å². The fraction of sp³-hybridized carbons (Fsp3) is 0.357. The summed E-state index contributed by atoms with van der Waals surface area (Å²) < 4.78 is 90.2. The van der Waals surface area contributed by atoms with E-state index in [0.29, 0.717) is 25.1 Å². The zero-order chi connectivity index (χ0) is 31.9. The fourth-order valence-corrected chi connectivity index (χ4v) is 4.19. The zero-order valence-electron chi connectivity index (χ0n) is 22.5. The van der Waals surface area contributed by atoms with E-state index >= 15 is 0 Å². The van der Waals surface area contributed by atoms with Crippen molar-refractivity contribution >= 4 is 11.9 Å². The second-order valence-electron chi connectivity index (χ2n) is 9.78. The molecule has 1 unspecified atom stereocenters. The average Bonchev–Trinajstić information content (AvgIpc) is 2.91. The van der Waals surface area contributed by atoms with Crippen molar-refractivity contribution in [3.63, 3.8) is 0 Å². The number of hydrogen-bond donors (Lipinski definition) is 2. The van der Waals surface area contributed by atoms with Crippen LogP contribution in [-0.2, 0) is 35.3 Å². The van der Waals surface area contributed by atoms with Gasteiger partial charge in [-0.15, -0.1) is 0 Å². The molecule has 0 amide bonds. The molecule has 3 aromatic rings.